The molecule has 0 aliphatic carbocycles. The van der Waals surface area contributed by atoms with E-state index in [0.29, 0.717) is 19.0 Å². The van der Waals surface area contributed by atoms with Crippen LogP contribution in [0.2, 0.25) is 0 Å². The van der Waals surface area contributed by atoms with E-state index in [1.54, 1.807) is 0 Å². The second-order valence-corrected chi connectivity index (χ2v) is 8.74. The van der Waals surface area contributed by atoms with Crippen LogP contribution in [-0.2, 0) is 13.1 Å². The molecular weight excluding hydrogens is 398 g/mol. The maximum atomic E-state index is 12.7. The molecule has 1 fully saturated rings. The van der Waals surface area contributed by atoms with Gasteiger partial charge in [0.05, 0.1) is 22.9 Å². The largest absolute Gasteiger partial charge is 0.338 e. The summed E-state index contributed by atoms with van der Waals surface area (Å²) in [5.74, 6) is 1.47. The predicted molar refractivity (Wildman–Crippen MR) is 130 cm³/mol. The highest BCUT2D eigenvalue weighted by Crippen LogP contribution is 2.34. The lowest BCUT2D eigenvalue weighted by Gasteiger charge is -2.25. The zero-order valence-electron chi connectivity index (χ0n) is 19.1. The molecule has 0 unspecified atom stereocenters. The molecule has 1 aliphatic rings. The first-order chi connectivity index (χ1) is 15.6. The number of benzene rings is 2. The normalized spacial score (nSPS) is 15.0. The van der Waals surface area contributed by atoms with Crippen molar-refractivity contribution in [2.24, 2.45) is 0 Å². The first kappa shape index (κ1) is 20.8. The molecule has 2 aromatic carbocycles. The van der Waals surface area contributed by atoms with Gasteiger partial charge in [-0.25, -0.2) is 9.78 Å². The molecule has 0 amide bonds. The van der Waals surface area contributed by atoms with Crippen molar-refractivity contribution in [3.63, 3.8) is 0 Å². The quantitative estimate of drug-likeness (QED) is 0.484. The minimum Gasteiger partial charge on any atom is -0.338 e. The Morgan fingerprint density at radius 3 is 2.50 bits per heavy atom. The average molecular weight is 430 g/mol. The van der Waals surface area contributed by atoms with Crippen molar-refractivity contribution in [3.05, 3.63) is 64.2 Å². The summed E-state index contributed by atoms with van der Waals surface area (Å²) in [4.78, 5) is 21.1. The maximum absolute atomic E-state index is 12.7. The summed E-state index contributed by atoms with van der Waals surface area (Å²) in [5, 5.41) is 3.47. The van der Waals surface area contributed by atoms with Crippen molar-refractivity contribution >= 4 is 11.0 Å². The molecule has 0 bridgehead atoms. The summed E-state index contributed by atoms with van der Waals surface area (Å²) in [5.41, 5.74) is 7.85. The lowest BCUT2D eigenvalue weighted by atomic mass is 9.86. The number of hydrogen-bond acceptors (Lipinski definition) is 3. The fraction of sp³-hybridized carbons (Fsp3) is 0.385. The Morgan fingerprint density at radius 1 is 1.00 bits per heavy atom. The summed E-state index contributed by atoms with van der Waals surface area (Å²) in [6, 6.07) is 13.0. The number of imidazole rings is 2. The molecule has 32 heavy (non-hydrogen) atoms. The van der Waals surface area contributed by atoms with Gasteiger partial charge in [0, 0.05) is 24.2 Å². The van der Waals surface area contributed by atoms with Crippen molar-refractivity contribution in [3.8, 4) is 22.6 Å². The molecule has 3 heterocycles. The highest BCUT2D eigenvalue weighted by molar-refractivity contribution is 5.82. The van der Waals surface area contributed by atoms with Gasteiger partial charge in [-0.15, -0.1) is 0 Å². The number of H-pyrrole nitrogens is 1. The Morgan fingerprint density at radius 2 is 1.75 bits per heavy atom. The van der Waals surface area contributed by atoms with Crippen LogP contribution in [0.5, 0.6) is 0 Å². The molecular formula is C26H31N5O. The van der Waals surface area contributed by atoms with Crippen LogP contribution in [-0.4, -0.2) is 32.2 Å². The molecule has 1 aliphatic heterocycles. The third kappa shape index (κ3) is 3.48. The number of aromatic nitrogens is 4. The number of fused-ring (bicyclic) bond motifs is 1. The van der Waals surface area contributed by atoms with E-state index in [1.165, 1.54) is 16.7 Å². The van der Waals surface area contributed by atoms with Crippen LogP contribution in [0, 0.1) is 6.92 Å². The fourth-order valence-electron chi connectivity index (χ4n) is 5.07. The van der Waals surface area contributed by atoms with Gasteiger partial charge < -0.3 is 10.3 Å². The number of hydrogen-bond donors (Lipinski definition) is 2. The van der Waals surface area contributed by atoms with Crippen LogP contribution >= 0.6 is 0 Å². The van der Waals surface area contributed by atoms with E-state index in [0.717, 1.165) is 54.0 Å². The van der Waals surface area contributed by atoms with Gasteiger partial charge in [-0.05, 0) is 76.4 Å². The van der Waals surface area contributed by atoms with Crippen LogP contribution in [0.4, 0.5) is 0 Å². The monoisotopic (exact) mass is 429 g/mol. The summed E-state index contributed by atoms with van der Waals surface area (Å²) >= 11 is 0. The van der Waals surface area contributed by atoms with Gasteiger partial charge in [0.1, 0.15) is 5.82 Å². The van der Waals surface area contributed by atoms with Crippen LogP contribution in [0.15, 0.2) is 47.4 Å². The second kappa shape index (κ2) is 8.43. The summed E-state index contributed by atoms with van der Waals surface area (Å²) < 4.78 is 3.68. The molecule has 2 aromatic heterocycles. The van der Waals surface area contributed by atoms with Crippen molar-refractivity contribution < 1.29 is 0 Å². The van der Waals surface area contributed by atoms with Gasteiger partial charge in [-0.1, -0.05) is 23.8 Å². The second-order valence-electron chi connectivity index (χ2n) is 8.74. The molecule has 2 N–H and O–H groups in total. The van der Waals surface area contributed by atoms with Crippen LogP contribution < -0.4 is 11.0 Å². The summed E-state index contributed by atoms with van der Waals surface area (Å²) in [6.45, 7) is 9.62. The standard InChI is InChI=1S/C26H31N5O/c1-4-30-23-9-7-19(15-24(23)31(5-2)26(30)32)22-16-28-25(29-22)21-14-17(3)6-8-20(21)18-10-12-27-13-11-18/h6-9,14-16,18,27H,4-5,10-13H2,1-3H3,(H,28,29). The Hall–Kier alpha value is -3.12. The van der Waals surface area contributed by atoms with E-state index in [1.807, 2.05) is 29.2 Å². The van der Waals surface area contributed by atoms with Crippen molar-refractivity contribution in [1.82, 2.24) is 24.4 Å². The third-order valence-corrected chi connectivity index (χ3v) is 6.78. The van der Waals surface area contributed by atoms with Crippen molar-refractivity contribution in [2.45, 2.75) is 52.6 Å². The van der Waals surface area contributed by atoms with E-state index >= 15 is 0 Å². The van der Waals surface area contributed by atoms with E-state index in [-0.39, 0.29) is 5.69 Å². The van der Waals surface area contributed by atoms with Crippen LogP contribution in [0.25, 0.3) is 33.7 Å². The molecule has 6 nitrogen and oxygen atoms in total. The average Bonchev–Trinajstić information content (AvgIpc) is 3.41. The topological polar surface area (TPSA) is 67.6 Å². The Kier molecular flexibility index (Phi) is 5.47. The van der Waals surface area contributed by atoms with Gasteiger partial charge in [0.15, 0.2) is 0 Å². The molecule has 5 rings (SSSR count). The number of aromatic amines is 1. The van der Waals surface area contributed by atoms with E-state index in [9.17, 15) is 4.79 Å². The molecule has 0 spiro atoms. The minimum absolute atomic E-state index is 0.0545. The number of rotatable bonds is 5. The summed E-state index contributed by atoms with van der Waals surface area (Å²) in [6.07, 6.45) is 4.22. The molecule has 0 saturated carbocycles. The fourth-order valence-corrected chi connectivity index (χ4v) is 5.07. The zero-order valence-corrected chi connectivity index (χ0v) is 19.1. The summed E-state index contributed by atoms with van der Waals surface area (Å²) in [7, 11) is 0. The number of nitrogens with zero attached hydrogens (tertiary/aromatic N) is 3. The first-order valence-electron chi connectivity index (χ1n) is 11.7. The Bertz CT molecular complexity index is 1320. The molecule has 1 saturated heterocycles. The molecule has 166 valence electrons. The minimum atomic E-state index is 0.0545. The molecule has 6 heteroatoms. The number of piperidine rings is 1. The number of nitrogens with one attached hydrogen (secondary N) is 2. The van der Waals surface area contributed by atoms with E-state index in [2.05, 4.69) is 53.6 Å². The Labute approximate surface area is 188 Å². The number of aryl methyl sites for hydroxylation is 3. The zero-order chi connectivity index (χ0) is 22.2. The molecule has 4 aromatic rings. The van der Waals surface area contributed by atoms with Crippen molar-refractivity contribution in [1.29, 1.82) is 0 Å². The third-order valence-electron chi connectivity index (χ3n) is 6.78. The Balaban J connectivity index is 1.57. The highest BCUT2D eigenvalue weighted by Gasteiger charge is 2.21. The first-order valence-corrected chi connectivity index (χ1v) is 11.7. The van der Waals surface area contributed by atoms with Gasteiger partial charge in [-0.2, -0.15) is 0 Å². The van der Waals surface area contributed by atoms with Crippen LogP contribution in [0.3, 0.4) is 0 Å². The smallest absolute Gasteiger partial charge is 0.329 e. The predicted octanol–water partition coefficient (Wildman–Crippen LogP) is 4.68. The lowest BCUT2D eigenvalue weighted by molar-refractivity contribution is 0.461. The van der Waals surface area contributed by atoms with Gasteiger partial charge >= 0.3 is 5.69 Å². The van der Waals surface area contributed by atoms with Crippen molar-refractivity contribution in [2.75, 3.05) is 13.1 Å². The van der Waals surface area contributed by atoms with Gasteiger partial charge in [0.25, 0.3) is 0 Å². The maximum Gasteiger partial charge on any atom is 0.329 e. The lowest BCUT2D eigenvalue weighted by Crippen LogP contribution is -2.26. The SMILES string of the molecule is CCn1c(=O)n(CC)c2cc(-c3cnc(-c4cc(C)ccc4C4CCNCC4)[nH]3)ccc21. The molecule has 0 radical (unpaired) electrons. The van der Waals surface area contributed by atoms with E-state index < -0.39 is 0 Å². The van der Waals surface area contributed by atoms with Gasteiger partial charge in [0.2, 0.25) is 0 Å². The van der Waals surface area contributed by atoms with Crippen LogP contribution in [0.1, 0.15) is 43.7 Å². The highest BCUT2D eigenvalue weighted by atomic mass is 16.1. The molecule has 0 atom stereocenters. The van der Waals surface area contributed by atoms with E-state index in [4.69, 9.17) is 4.98 Å². The van der Waals surface area contributed by atoms with Gasteiger partial charge in [-0.3, -0.25) is 9.13 Å².